The number of methoxy groups -OCH3 is 1. The van der Waals surface area contributed by atoms with Crippen LogP contribution in [-0.2, 0) is 27.9 Å². The fourth-order valence-corrected chi connectivity index (χ4v) is 4.07. The fraction of sp³-hybridized carbons (Fsp3) is 0.182. The molecule has 0 aliphatic carbocycles. The molecule has 1 amide bonds. The Morgan fingerprint density at radius 3 is 2.39 bits per heavy atom. The molecule has 8 nitrogen and oxygen atoms in total. The van der Waals surface area contributed by atoms with Crippen molar-refractivity contribution in [3.05, 3.63) is 88.3 Å². The Bertz CT molecular complexity index is 1240. The van der Waals surface area contributed by atoms with Crippen molar-refractivity contribution in [2.45, 2.75) is 24.9 Å². The van der Waals surface area contributed by atoms with Crippen molar-refractivity contribution in [2.24, 2.45) is 0 Å². The van der Waals surface area contributed by atoms with E-state index in [0.717, 1.165) is 5.56 Å². The van der Waals surface area contributed by atoms with E-state index >= 15 is 0 Å². The molecular weight excluding hydrogens is 418 g/mol. The third kappa shape index (κ3) is 5.32. The summed E-state index contributed by atoms with van der Waals surface area (Å²) in [5.74, 6) is 0.257. The summed E-state index contributed by atoms with van der Waals surface area (Å²) in [5.41, 5.74) is 0.589. The Hall–Kier alpha value is -3.59. The number of ether oxygens (including phenoxy) is 1. The predicted octanol–water partition coefficient (Wildman–Crippen LogP) is 2.28. The summed E-state index contributed by atoms with van der Waals surface area (Å²) in [5, 5.41) is 2.75. The summed E-state index contributed by atoms with van der Waals surface area (Å²) in [6, 6.07) is 18.0. The van der Waals surface area contributed by atoms with Crippen LogP contribution in [0.1, 0.15) is 11.3 Å². The van der Waals surface area contributed by atoms with Crippen LogP contribution in [0.4, 0.5) is 5.69 Å². The second kappa shape index (κ2) is 9.48. The first-order chi connectivity index (χ1) is 14.8. The standard InChI is InChI=1S/C22H23N3O5S/c1-16-12-13-19(24-31(28,29)18-9-4-3-5-10-18)22(27)25(16)15-21(26)23-14-17-8-6-7-11-20(17)30-2/h3-13,24H,14-15H2,1-2H3,(H,23,26). The molecule has 162 valence electrons. The molecule has 0 aliphatic rings. The molecule has 2 aromatic carbocycles. The minimum Gasteiger partial charge on any atom is -0.496 e. The molecule has 9 heteroatoms. The first kappa shape index (κ1) is 22.1. The van der Waals surface area contributed by atoms with Gasteiger partial charge in [-0.05, 0) is 37.3 Å². The topological polar surface area (TPSA) is 106 Å². The number of anilines is 1. The van der Waals surface area contributed by atoms with Crippen LogP contribution < -0.4 is 20.3 Å². The average Bonchev–Trinajstić information content (AvgIpc) is 2.78. The Kier molecular flexibility index (Phi) is 6.76. The van der Waals surface area contributed by atoms with Gasteiger partial charge in [-0.25, -0.2) is 8.42 Å². The molecular formula is C22H23N3O5S. The summed E-state index contributed by atoms with van der Waals surface area (Å²) in [6.07, 6.45) is 0. The number of rotatable bonds is 8. The lowest BCUT2D eigenvalue weighted by atomic mass is 10.2. The van der Waals surface area contributed by atoms with Crippen LogP contribution in [0.5, 0.6) is 5.75 Å². The zero-order valence-corrected chi connectivity index (χ0v) is 18.0. The zero-order chi connectivity index (χ0) is 22.4. The second-order valence-corrected chi connectivity index (χ2v) is 8.47. The van der Waals surface area contributed by atoms with Gasteiger partial charge in [0.2, 0.25) is 5.91 Å². The molecule has 0 saturated heterocycles. The van der Waals surface area contributed by atoms with Crippen molar-refractivity contribution in [3.8, 4) is 5.75 Å². The summed E-state index contributed by atoms with van der Waals surface area (Å²) in [6.45, 7) is 1.65. The van der Waals surface area contributed by atoms with E-state index in [9.17, 15) is 18.0 Å². The molecule has 0 fully saturated rings. The van der Waals surface area contributed by atoms with Gasteiger partial charge >= 0.3 is 0 Å². The van der Waals surface area contributed by atoms with Crippen LogP contribution in [0.25, 0.3) is 0 Å². The zero-order valence-electron chi connectivity index (χ0n) is 17.2. The van der Waals surface area contributed by atoms with Crippen molar-refractivity contribution >= 4 is 21.6 Å². The van der Waals surface area contributed by atoms with Crippen LogP contribution in [0, 0.1) is 6.92 Å². The lowest BCUT2D eigenvalue weighted by Gasteiger charge is -2.14. The first-order valence-corrected chi connectivity index (χ1v) is 11.0. The van der Waals surface area contributed by atoms with Gasteiger partial charge in [0.25, 0.3) is 15.6 Å². The number of nitrogens with one attached hydrogen (secondary N) is 2. The number of carbonyl (C=O) groups is 1. The maximum Gasteiger partial charge on any atom is 0.275 e. The summed E-state index contributed by atoms with van der Waals surface area (Å²) >= 11 is 0. The molecule has 0 bridgehead atoms. The third-order valence-electron chi connectivity index (χ3n) is 4.66. The number of aromatic nitrogens is 1. The fourth-order valence-electron chi connectivity index (χ4n) is 2.99. The van der Waals surface area contributed by atoms with E-state index in [2.05, 4.69) is 10.0 Å². The highest BCUT2D eigenvalue weighted by atomic mass is 32.2. The average molecular weight is 442 g/mol. The van der Waals surface area contributed by atoms with Crippen LogP contribution in [0.2, 0.25) is 0 Å². The minimum absolute atomic E-state index is 0.0380. The highest BCUT2D eigenvalue weighted by molar-refractivity contribution is 7.92. The van der Waals surface area contributed by atoms with E-state index in [1.54, 1.807) is 44.4 Å². The van der Waals surface area contributed by atoms with Gasteiger partial charge in [0, 0.05) is 17.8 Å². The van der Waals surface area contributed by atoms with Crippen LogP contribution in [0.15, 0.2) is 76.4 Å². The Labute approximate surface area is 180 Å². The molecule has 0 aliphatic heterocycles. The Morgan fingerprint density at radius 1 is 1.00 bits per heavy atom. The number of sulfonamides is 1. The smallest absolute Gasteiger partial charge is 0.275 e. The normalized spacial score (nSPS) is 11.0. The SMILES string of the molecule is COc1ccccc1CNC(=O)Cn1c(C)ccc(NS(=O)(=O)c2ccccc2)c1=O. The van der Waals surface area contributed by atoms with Gasteiger partial charge in [-0.3, -0.25) is 14.3 Å². The lowest BCUT2D eigenvalue weighted by Crippen LogP contribution is -2.34. The number of nitrogens with zero attached hydrogens (tertiary/aromatic N) is 1. The number of carbonyl (C=O) groups excluding carboxylic acids is 1. The van der Waals surface area contributed by atoms with Crippen molar-refractivity contribution < 1.29 is 17.9 Å². The number of aryl methyl sites for hydroxylation is 1. The Balaban J connectivity index is 1.76. The molecule has 3 aromatic rings. The number of hydrogen-bond donors (Lipinski definition) is 2. The van der Waals surface area contributed by atoms with Gasteiger partial charge in [0.1, 0.15) is 18.0 Å². The van der Waals surface area contributed by atoms with Crippen molar-refractivity contribution in [1.29, 1.82) is 0 Å². The van der Waals surface area contributed by atoms with Gasteiger partial charge in [0.05, 0.1) is 12.0 Å². The molecule has 0 spiro atoms. The summed E-state index contributed by atoms with van der Waals surface area (Å²) < 4.78 is 33.9. The number of pyridine rings is 1. The molecule has 0 atom stereocenters. The van der Waals surface area contributed by atoms with Gasteiger partial charge in [0.15, 0.2) is 0 Å². The largest absolute Gasteiger partial charge is 0.496 e. The summed E-state index contributed by atoms with van der Waals surface area (Å²) in [4.78, 5) is 25.3. The van der Waals surface area contributed by atoms with Crippen LogP contribution in [-0.4, -0.2) is 26.0 Å². The lowest BCUT2D eigenvalue weighted by molar-refractivity contribution is -0.121. The Morgan fingerprint density at radius 2 is 1.68 bits per heavy atom. The summed E-state index contributed by atoms with van der Waals surface area (Å²) in [7, 11) is -2.38. The number of amides is 1. The van der Waals surface area contributed by atoms with Crippen molar-refractivity contribution in [1.82, 2.24) is 9.88 Å². The number of benzene rings is 2. The predicted molar refractivity (Wildman–Crippen MR) is 118 cm³/mol. The highest BCUT2D eigenvalue weighted by Crippen LogP contribution is 2.17. The van der Waals surface area contributed by atoms with Gasteiger partial charge in [-0.15, -0.1) is 0 Å². The maximum absolute atomic E-state index is 12.8. The molecule has 0 saturated carbocycles. The molecule has 1 heterocycles. The first-order valence-electron chi connectivity index (χ1n) is 9.49. The van der Waals surface area contributed by atoms with Crippen LogP contribution in [0.3, 0.4) is 0 Å². The van der Waals surface area contributed by atoms with E-state index in [0.29, 0.717) is 11.4 Å². The molecule has 1 aromatic heterocycles. The van der Waals surface area contributed by atoms with Crippen molar-refractivity contribution in [3.63, 3.8) is 0 Å². The van der Waals surface area contributed by atoms with Crippen LogP contribution >= 0.6 is 0 Å². The molecule has 0 unspecified atom stereocenters. The van der Waals surface area contributed by atoms with Gasteiger partial charge < -0.3 is 14.6 Å². The molecule has 31 heavy (non-hydrogen) atoms. The van der Waals surface area contributed by atoms with Crippen molar-refractivity contribution in [2.75, 3.05) is 11.8 Å². The minimum atomic E-state index is -3.93. The van der Waals surface area contributed by atoms with Gasteiger partial charge in [-0.2, -0.15) is 0 Å². The molecule has 0 radical (unpaired) electrons. The quantitative estimate of drug-likeness (QED) is 0.558. The number of hydrogen-bond acceptors (Lipinski definition) is 5. The number of para-hydroxylation sites is 1. The second-order valence-electron chi connectivity index (χ2n) is 6.79. The van der Waals surface area contributed by atoms with E-state index in [1.807, 2.05) is 18.2 Å². The maximum atomic E-state index is 12.8. The van der Waals surface area contributed by atoms with Gasteiger partial charge in [-0.1, -0.05) is 36.4 Å². The monoisotopic (exact) mass is 441 g/mol. The molecule has 2 N–H and O–H groups in total. The van der Waals surface area contributed by atoms with E-state index < -0.39 is 15.6 Å². The molecule has 3 rings (SSSR count). The third-order valence-corrected chi connectivity index (χ3v) is 6.04. The highest BCUT2D eigenvalue weighted by Gasteiger charge is 2.17. The van der Waals surface area contributed by atoms with E-state index in [1.165, 1.54) is 22.8 Å². The van der Waals surface area contributed by atoms with E-state index in [-0.39, 0.29) is 29.6 Å². The van der Waals surface area contributed by atoms with E-state index in [4.69, 9.17) is 4.74 Å².